The predicted molar refractivity (Wildman–Crippen MR) is 133 cm³/mol. The van der Waals surface area contributed by atoms with Crippen molar-refractivity contribution in [1.82, 2.24) is 0 Å². The third-order valence-corrected chi connectivity index (χ3v) is 7.06. The van der Waals surface area contributed by atoms with E-state index in [1.807, 2.05) is 30.3 Å². The molecule has 184 valence electrons. The van der Waals surface area contributed by atoms with Gasteiger partial charge in [-0.2, -0.15) is 13.2 Å². The number of nitrogens with one attached hydrogen (secondary N) is 1. The molecule has 3 aromatic carbocycles. The molecule has 0 spiro atoms. The third-order valence-electron chi connectivity index (χ3n) is 6.03. The maximum Gasteiger partial charge on any atom is 0.416 e. The summed E-state index contributed by atoms with van der Waals surface area (Å²) >= 11 is 18.2. The summed E-state index contributed by atoms with van der Waals surface area (Å²) in [5.41, 5.74) is -1.16. The van der Waals surface area contributed by atoms with Crippen LogP contribution in [-0.4, -0.2) is 24.1 Å². The fourth-order valence-corrected chi connectivity index (χ4v) is 4.80. The van der Waals surface area contributed by atoms with Crippen molar-refractivity contribution in [1.29, 1.82) is 0 Å². The number of anilines is 2. The number of nitrogens with zero attached hydrogens (tertiary/aromatic N) is 1. The highest BCUT2D eigenvalue weighted by atomic mass is 35.5. The molecule has 3 aromatic rings. The third kappa shape index (κ3) is 5.54. The van der Waals surface area contributed by atoms with E-state index in [0.29, 0.717) is 12.8 Å². The number of hydrogen-bond acceptors (Lipinski definition) is 3. The Hall–Kier alpha value is -2.45. The average molecular weight is 544 g/mol. The summed E-state index contributed by atoms with van der Waals surface area (Å²) in [6.45, 7) is 0.563. The molecule has 0 bridgehead atoms. The maximum absolute atomic E-state index is 13.5. The van der Waals surface area contributed by atoms with Crippen LogP contribution in [0.4, 0.5) is 24.5 Å². The fourth-order valence-electron chi connectivity index (χ4n) is 4.17. The van der Waals surface area contributed by atoms with E-state index >= 15 is 0 Å². The molecule has 0 atom stereocenters. The lowest BCUT2D eigenvalue weighted by molar-refractivity contribution is -0.137. The number of carbonyl (C=O) groups excluding carboxylic acids is 1. The van der Waals surface area contributed by atoms with Crippen molar-refractivity contribution < 1.29 is 23.1 Å². The molecule has 1 aliphatic rings. The van der Waals surface area contributed by atoms with Gasteiger partial charge < -0.3 is 15.3 Å². The van der Waals surface area contributed by atoms with Crippen LogP contribution in [0.1, 0.15) is 34.3 Å². The number of hydrogen-bond donors (Lipinski definition) is 2. The van der Waals surface area contributed by atoms with Crippen molar-refractivity contribution >= 4 is 52.1 Å². The Morgan fingerprint density at radius 3 is 2.17 bits per heavy atom. The number of carbonyl (C=O) groups is 1. The number of alkyl halides is 3. The van der Waals surface area contributed by atoms with Crippen LogP contribution in [0, 0.1) is 0 Å². The summed E-state index contributed by atoms with van der Waals surface area (Å²) in [6.07, 6.45) is -4.08. The molecule has 0 aliphatic carbocycles. The van der Waals surface area contributed by atoms with Gasteiger partial charge in [-0.15, -0.1) is 0 Å². The van der Waals surface area contributed by atoms with Gasteiger partial charge in [0.1, 0.15) is 0 Å². The second-order valence-corrected chi connectivity index (χ2v) is 9.54. The van der Waals surface area contributed by atoms with E-state index in [9.17, 15) is 23.1 Å². The Bertz CT molecular complexity index is 1240. The highest BCUT2D eigenvalue weighted by Crippen LogP contribution is 2.41. The average Bonchev–Trinajstić information content (AvgIpc) is 2.82. The molecule has 10 heteroatoms. The molecular formula is C25H20Cl3F3N2O2. The lowest BCUT2D eigenvalue weighted by Crippen LogP contribution is -2.43. The van der Waals surface area contributed by atoms with Gasteiger partial charge >= 0.3 is 6.18 Å². The fraction of sp³-hybridized carbons (Fsp3) is 0.240. The summed E-state index contributed by atoms with van der Waals surface area (Å²) in [6, 6.07) is 15.1. The highest BCUT2D eigenvalue weighted by molar-refractivity contribution is 6.42. The van der Waals surface area contributed by atoms with E-state index in [1.165, 1.54) is 18.2 Å². The Kier molecular flexibility index (Phi) is 7.25. The number of aliphatic hydroxyl groups is 1. The lowest BCUT2D eigenvalue weighted by atomic mass is 9.84. The van der Waals surface area contributed by atoms with Gasteiger partial charge in [0.2, 0.25) is 0 Å². The number of benzene rings is 3. The molecule has 2 N–H and O–H groups in total. The monoisotopic (exact) mass is 542 g/mol. The summed E-state index contributed by atoms with van der Waals surface area (Å²) in [4.78, 5) is 14.9. The minimum absolute atomic E-state index is 0.173. The highest BCUT2D eigenvalue weighted by Gasteiger charge is 2.37. The standard InChI is InChI=1S/C25H20Cl3F3N2O2/c26-19-7-6-17(14-20(19)27)32-23(34)18-12-16(25(29,30)31)13-21(28)22(18)33-10-8-24(35,9-11-33)15-4-2-1-3-5-15/h1-7,12-14,35H,8-11H2,(H,32,34). The molecule has 4 nitrogen and oxygen atoms in total. The summed E-state index contributed by atoms with van der Waals surface area (Å²) < 4.78 is 40.6. The predicted octanol–water partition coefficient (Wildman–Crippen LogP) is 7.41. The van der Waals surface area contributed by atoms with Crippen LogP contribution < -0.4 is 10.2 Å². The van der Waals surface area contributed by atoms with E-state index in [-0.39, 0.29) is 45.1 Å². The number of halogens is 6. The largest absolute Gasteiger partial charge is 0.416 e. The van der Waals surface area contributed by atoms with Gasteiger partial charge in [0, 0.05) is 18.8 Å². The van der Waals surface area contributed by atoms with Crippen LogP contribution in [0.25, 0.3) is 0 Å². The van der Waals surface area contributed by atoms with Crippen LogP contribution in [-0.2, 0) is 11.8 Å². The van der Waals surface area contributed by atoms with E-state index in [4.69, 9.17) is 34.8 Å². The molecule has 1 saturated heterocycles. The van der Waals surface area contributed by atoms with Gasteiger partial charge in [-0.25, -0.2) is 0 Å². The van der Waals surface area contributed by atoms with Gasteiger partial charge in [0.25, 0.3) is 5.91 Å². The van der Waals surface area contributed by atoms with Crippen molar-refractivity contribution in [2.45, 2.75) is 24.6 Å². The van der Waals surface area contributed by atoms with Crippen LogP contribution in [0.15, 0.2) is 60.7 Å². The first-order valence-corrected chi connectivity index (χ1v) is 11.8. The molecule has 1 amide bonds. The van der Waals surface area contributed by atoms with E-state index in [2.05, 4.69) is 5.32 Å². The van der Waals surface area contributed by atoms with E-state index < -0.39 is 23.2 Å². The van der Waals surface area contributed by atoms with Crippen molar-refractivity contribution in [3.63, 3.8) is 0 Å². The van der Waals surface area contributed by atoms with Gasteiger partial charge in [-0.3, -0.25) is 4.79 Å². The number of piperidine rings is 1. The molecule has 1 heterocycles. The summed E-state index contributed by atoms with van der Waals surface area (Å²) in [7, 11) is 0. The lowest BCUT2D eigenvalue weighted by Gasteiger charge is -2.40. The Morgan fingerprint density at radius 1 is 0.914 bits per heavy atom. The minimum atomic E-state index is -4.70. The first-order chi connectivity index (χ1) is 16.5. The van der Waals surface area contributed by atoms with Crippen molar-refractivity contribution in [2.75, 3.05) is 23.3 Å². The van der Waals surface area contributed by atoms with Gasteiger partial charge in [-0.1, -0.05) is 65.1 Å². The van der Waals surface area contributed by atoms with Crippen LogP contribution in [0.5, 0.6) is 0 Å². The molecule has 4 rings (SSSR count). The van der Waals surface area contributed by atoms with Crippen molar-refractivity contribution in [2.24, 2.45) is 0 Å². The molecule has 1 aliphatic heterocycles. The zero-order valence-electron chi connectivity index (χ0n) is 18.2. The van der Waals surface area contributed by atoms with E-state index in [1.54, 1.807) is 4.90 Å². The van der Waals surface area contributed by atoms with Crippen molar-refractivity contribution in [3.05, 3.63) is 92.4 Å². The molecule has 0 saturated carbocycles. The zero-order valence-corrected chi connectivity index (χ0v) is 20.4. The minimum Gasteiger partial charge on any atom is -0.385 e. The first-order valence-electron chi connectivity index (χ1n) is 10.7. The second-order valence-electron chi connectivity index (χ2n) is 8.32. The normalized spacial score (nSPS) is 15.7. The molecule has 35 heavy (non-hydrogen) atoms. The Balaban J connectivity index is 1.67. The zero-order chi connectivity index (χ0) is 25.4. The quantitative estimate of drug-likeness (QED) is 0.360. The van der Waals surface area contributed by atoms with Gasteiger partial charge in [0.05, 0.1) is 37.5 Å². The van der Waals surface area contributed by atoms with Gasteiger partial charge in [-0.05, 0) is 48.7 Å². The molecule has 0 aromatic heterocycles. The molecule has 0 unspecified atom stereocenters. The molecule has 0 radical (unpaired) electrons. The summed E-state index contributed by atoms with van der Waals surface area (Å²) in [5, 5.41) is 14.0. The number of rotatable bonds is 4. The van der Waals surface area contributed by atoms with Gasteiger partial charge in [0.15, 0.2) is 0 Å². The van der Waals surface area contributed by atoms with E-state index in [0.717, 1.165) is 17.7 Å². The second kappa shape index (κ2) is 9.90. The van der Waals surface area contributed by atoms with Crippen LogP contribution >= 0.6 is 34.8 Å². The Labute approximate surface area is 215 Å². The topological polar surface area (TPSA) is 52.6 Å². The maximum atomic E-state index is 13.5. The van der Waals surface area contributed by atoms with Crippen LogP contribution in [0.3, 0.4) is 0 Å². The number of amides is 1. The SMILES string of the molecule is O=C(Nc1ccc(Cl)c(Cl)c1)c1cc(C(F)(F)F)cc(Cl)c1N1CCC(O)(c2ccccc2)CC1. The molecular weight excluding hydrogens is 524 g/mol. The van der Waals surface area contributed by atoms with Crippen LogP contribution in [0.2, 0.25) is 15.1 Å². The Morgan fingerprint density at radius 2 is 1.57 bits per heavy atom. The first kappa shape index (κ1) is 25.6. The molecule has 1 fully saturated rings. The smallest absolute Gasteiger partial charge is 0.385 e. The van der Waals surface area contributed by atoms with Crippen molar-refractivity contribution in [3.8, 4) is 0 Å². The summed E-state index contributed by atoms with van der Waals surface area (Å²) in [5.74, 6) is -0.782.